The highest BCUT2D eigenvalue weighted by Gasteiger charge is 2.29. The Bertz CT molecular complexity index is 813. The van der Waals surface area contributed by atoms with Crippen LogP contribution in [0.1, 0.15) is 35.3 Å². The fourth-order valence-corrected chi connectivity index (χ4v) is 3.38. The highest BCUT2D eigenvalue weighted by Crippen LogP contribution is 2.29. The molecule has 144 valence electrons. The van der Waals surface area contributed by atoms with Gasteiger partial charge in [-0.1, -0.05) is 42.8 Å². The number of carbonyl (C=O) groups excluding carboxylic acids is 2. The third kappa shape index (κ3) is 5.01. The summed E-state index contributed by atoms with van der Waals surface area (Å²) in [5.41, 5.74) is 2.12. The number of nitrogens with zero attached hydrogens (tertiary/aromatic N) is 1. The average molecular weight is 408 g/mol. The second-order valence-electron chi connectivity index (χ2n) is 6.22. The Morgan fingerprint density at radius 3 is 2.74 bits per heavy atom. The van der Waals surface area contributed by atoms with E-state index in [4.69, 9.17) is 11.6 Å². The number of piperazine rings is 1. The summed E-state index contributed by atoms with van der Waals surface area (Å²) >= 11 is 6.36. The number of rotatable bonds is 4. The Morgan fingerprint density at radius 2 is 2.00 bits per heavy atom. The van der Waals surface area contributed by atoms with E-state index in [0.29, 0.717) is 35.8 Å². The Morgan fingerprint density at radius 1 is 1.22 bits per heavy atom. The maximum atomic E-state index is 13.1. The SMILES string of the molecule is CCC(=O)Nc1cccc(C(=O)N2CCNCC2c2ccccc2Cl)c1.Cl. The van der Waals surface area contributed by atoms with Gasteiger partial charge in [0.25, 0.3) is 5.91 Å². The van der Waals surface area contributed by atoms with E-state index in [-0.39, 0.29) is 30.3 Å². The molecule has 5 nitrogen and oxygen atoms in total. The molecule has 7 heteroatoms. The van der Waals surface area contributed by atoms with Crippen LogP contribution in [0.4, 0.5) is 5.69 Å². The van der Waals surface area contributed by atoms with Crippen LogP contribution in [0, 0.1) is 0 Å². The minimum absolute atomic E-state index is 0. The lowest BCUT2D eigenvalue weighted by atomic mass is 10.0. The van der Waals surface area contributed by atoms with Crippen molar-refractivity contribution in [3.05, 3.63) is 64.7 Å². The van der Waals surface area contributed by atoms with E-state index in [1.54, 1.807) is 31.2 Å². The molecule has 27 heavy (non-hydrogen) atoms. The zero-order chi connectivity index (χ0) is 18.5. The molecule has 1 aliphatic heterocycles. The number of benzene rings is 2. The maximum absolute atomic E-state index is 13.1. The number of hydrogen-bond acceptors (Lipinski definition) is 3. The largest absolute Gasteiger partial charge is 0.329 e. The number of hydrogen-bond donors (Lipinski definition) is 2. The molecule has 0 bridgehead atoms. The molecule has 2 aromatic rings. The zero-order valence-corrected chi connectivity index (χ0v) is 16.6. The first-order valence-electron chi connectivity index (χ1n) is 8.76. The van der Waals surface area contributed by atoms with Gasteiger partial charge in [-0.05, 0) is 29.8 Å². The minimum atomic E-state index is -0.126. The van der Waals surface area contributed by atoms with E-state index in [1.165, 1.54) is 0 Å². The number of amides is 2. The Kier molecular flexibility index (Phi) is 7.66. The third-order valence-corrected chi connectivity index (χ3v) is 4.83. The number of halogens is 2. The predicted octanol–water partition coefficient (Wildman–Crippen LogP) is 3.90. The second-order valence-corrected chi connectivity index (χ2v) is 6.63. The summed E-state index contributed by atoms with van der Waals surface area (Å²) in [6, 6.07) is 14.6. The number of anilines is 1. The molecule has 2 aromatic carbocycles. The fourth-order valence-electron chi connectivity index (χ4n) is 3.12. The number of nitrogens with one attached hydrogen (secondary N) is 2. The van der Waals surface area contributed by atoms with Crippen molar-refractivity contribution in [2.75, 3.05) is 25.0 Å². The normalized spacial score (nSPS) is 16.4. The molecule has 1 aliphatic rings. The Labute approximate surface area is 170 Å². The van der Waals surface area contributed by atoms with Gasteiger partial charge in [0.15, 0.2) is 0 Å². The summed E-state index contributed by atoms with van der Waals surface area (Å²) in [5.74, 6) is -0.144. The quantitative estimate of drug-likeness (QED) is 0.807. The van der Waals surface area contributed by atoms with Gasteiger partial charge >= 0.3 is 0 Å². The molecule has 0 radical (unpaired) electrons. The van der Waals surface area contributed by atoms with Crippen LogP contribution in [0.5, 0.6) is 0 Å². The molecule has 0 aromatic heterocycles. The van der Waals surface area contributed by atoms with Crippen LogP contribution in [0.2, 0.25) is 5.02 Å². The lowest BCUT2D eigenvalue weighted by Gasteiger charge is -2.37. The maximum Gasteiger partial charge on any atom is 0.254 e. The van der Waals surface area contributed by atoms with Gasteiger partial charge < -0.3 is 15.5 Å². The van der Waals surface area contributed by atoms with Gasteiger partial charge in [-0.15, -0.1) is 12.4 Å². The molecule has 1 unspecified atom stereocenters. The molecule has 1 fully saturated rings. The molecule has 3 rings (SSSR count). The van der Waals surface area contributed by atoms with Gasteiger partial charge in [-0.25, -0.2) is 0 Å². The van der Waals surface area contributed by atoms with E-state index in [9.17, 15) is 9.59 Å². The number of carbonyl (C=O) groups is 2. The van der Waals surface area contributed by atoms with Crippen LogP contribution in [0.25, 0.3) is 0 Å². The van der Waals surface area contributed by atoms with Crippen LogP contribution in [-0.2, 0) is 4.79 Å². The summed E-state index contributed by atoms with van der Waals surface area (Å²) < 4.78 is 0. The average Bonchev–Trinajstić information content (AvgIpc) is 2.68. The highest BCUT2D eigenvalue weighted by atomic mass is 35.5. The van der Waals surface area contributed by atoms with Gasteiger partial charge in [0.2, 0.25) is 5.91 Å². The Hall–Kier alpha value is -2.08. The molecule has 1 saturated heterocycles. The van der Waals surface area contributed by atoms with Gasteiger partial charge in [0.05, 0.1) is 6.04 Å². The van der Waals surface area contributed by atoms with Crippen molar-refractivity contribution >= 4 is 41.5 Å². The third-order valence-electron chi connectivity index (χ3n) is 4.48. The van der Waals surface area contributed by atoms with Gasteiger partial charge in [-0.3, -0.25) is 9.59 Å². The molecule has 2 amide bonds. The lowest BCUT2D eigenvalue weighted by Crippen LogP contribution is -2.48. The standard InChI is InChI=1S/C20H22ClN3O2.ClH/c1-2-19(25)23-15-7-5-6-14(12-15)20(26)24-11-10-22-13-18(24)16-8-3-4-9-17(16)21;/h3-9,12,18,22H,2,10-11,13H2,1H3,(H,23,25);1H. The molecule has 2 N–H and O–H groups in total. The first-order valence-corrected chi connectivity index (χ1v) is 9.14. The highest BCUT2D eigenvalue weighted by molar-refractivity contribution is 6.31. The van der Waals surface area contributed by atoms with E-state index in [0.717, 1.165) is 12.1 Å². The van der Waals surface area contributed by atoms with E-state index < -0.39 is 0 Å². The van der Waals surface area contributed by atoms with Crippen molar-refractivity contribution in [3.63, 3.8) is 0 Å². The molecule has 0 spiro atoms. The van der Waals surface area contributed by atoms with Crippen LogP contribution in [0.15, 0.2) is 48.5 Å². The van der Waals surface area contributed by atoms with Crippen molar-refractivity contribution in [2.45, 2.75) is 19.4 Å². The van der Waals surface area contributed by atoms with E-state index in [1.807, 2.05) is 29.2 Å². The second kappa shape index (κ2) is 9.74. The molecular weight excluding hydrogens is 385 g/mol. The lowest BCUT2D eigenvalue weighted by molar-refractivity contribution is -0.115. The summed E-state index contributed by atoms with van der Waals surface area (Å²) in [5, 5.41) is 6.79. The molecule has 0 aliphatic carbocycles. The van der Waals surface area contributed by atoms with E-state index >= 15 is 0 Å². The summed E-state index contributed by atoms with van der Waals surface area (Å²) in [7, 11) is 0. The van der Waals surface area contributed by atoms with Crippen molar-refractivity contribution in [3.8, 4) is 0 Å². The van der Waals surface area contributed by atoms with Crippen LogP contribution >= 0.6 is 24.0 Å². The summed E-state index contributed by atoms with van der Waals surface area (Å²) in [6.07, 6.45) is 0.393. The molecule has 1 atom stereocenters. The smallest absolute Gasteiger partial charge is 0.254 e. The van der Waals surface area contributed by atoms with Gasteiger partial charge in [0.1, 0.15) is 0 Å². The van der Waals surface area contributed by atoms with Crippen molar-refractivity contribution < 1.29 is 9.59 Å². The first-order chi connectivity index (χ1) is 12.6. The van der Waals surface area contributed by atoms with Crippen molar-refractivity contribution in [1.29, 1.82) is 0 Å². The minimum Gasteiger partial charge on any atom is -0.329 e. The zero-order valence-electron chi connectivity index (χ0n) is 15.1. The Balaban J connectivity index is 0.00000261. The molecule has 0 saturated carbocycles. The fraction of sp³-hybridized carbons (Fsp3) is 0.300. The van der Waals surface area contributed by atoms with Gasteiger partial charge in [0, 0.05) is 42.3 Å². The van der Waals surface area contributed by atoms with Crippen LogP contribution in [0.3, 0.4) is 0 Å². The van der Waals surface area contributed by atoms with E-state index in [2.05, 4.69) is 10.6 Å². The summed E-state index contributed by atoms with van der Waals surface area (Å²) in [6.45, 7) is 3.78. The topological polar surface area (TPSA) is 61.4 Å². The summed E-state index contributed by atoms with van der Waals surface area (Å²) in [4.78, 5) is 26.6. The molecular formula is C20H23Cl2N3O2. The van der Waals surface area contributed by atoms with Crippen molar-refractivity contribution in [1.82, 2.24) is 10.2 Å². The first kappa shape index (κ1) is 21.2. The monoisotopic (exact) mass is 407 g/mol. The van der Waals surface area contributed by atoms with Gasteiger partial charge in [-0.2, -0.15) is 0 Å². The van der Waals surface area contributed by atoms with Crippen LogP contribution < -0.4 is 10.6 Å². The van der Waals surface area contributed by atoms with Crippen molar-refractivity contribution in [2.24, 2.45) is 0 Å². The molecule has 1 heterocycles. The predicted molar refractivity (Wildman–Crippen MR) is 111 cm³/mol. The van der Waals surface area contributed by atoms with Crippen LogP contribution in [-0.4, -0.2) is 36.3 Å².